The van der Waals surface area contributed by atoms with E-state index in [0.717, 1.165) is 6.42 Å². The number of fused-ring (bicyclic) bond motifs is 5. The molecule has 114 valence electrons. The minimum atomic E-state index is 0.588. The van der Waals surface area contributed by atoms with Crippen LogP contribution in [0, 0.1) is 5.92 Å². The van der Waals surface area contributed by atoms with E-state index in [4.69, 9.17) is 0 Å². The zero-order valence-electron chi connectivity index (χ0n) is 13.8. The standard InChI is InChI=1S/C23H22/c1-3-16(2)18-9-5-4-8-17-12-13-21-20-11-7-6-10-19(20)15-23(21)22(17)14-18/h4-14,16H,3,15H2,1-2H3/b5-4?,8-4+,9-5-,17-8?,18-9?,18-14+,22-14?. The Bertz CT molecular complexity index is 846. The summed E-state index contributed by atoms with van der Waals surface area (Å²) in [6.45, 7) is 4.58. The van der Waals surface area contributed by atoms with Crippen LogP contribution in [-0.2, 0) is 6.42 Å². The first-order chi connectivity index (χ1) is 11.3. The van der Waals surface area contributed by atoms with Crippen molar-refractivity contribution < 1.29 is 0 Å². The van der Waals surface area contributed by atoms with Crippen molar-refractivity contribution in [2.75, 3.05) is 0 Å². The monoisotopic (exact) mass is 298 g/mol. The zero-order valence-corrected chi connectivity index (χ0v) is 13.8. The number of benzene rings is 2. The molecule has 0 aliphatic heterocycles. The molecule has 0 radical (unpaired) electrons. The normalized spacial score (nSPS) is 21.0. The smallest absolute Gasteiger partial charge is 0.000728 e. The average Bonchev–Trinajstić information content (AvgIpc) is 2.93. The molecule has 0 nitrogen and oxygen atoms in total. The molecule has 1 atom stereocenters. The highest BCUT2D eigenvalue weighted by Gasteiger charge is 2.22. The van der Waals surface area contributed by atoms with Gasteiger partial charge in [0.1, 0.15) is 0 Å². The Morgan fingerprint density at radius 1 is 0.957 bits per heavy atom. The molecule has 4 rings (SSSR count). The van der Waals surface area contributed by atoms with Gasteiger partial charge < -0.3 is 0 Å². The summed E-state index contributed by atoms with van der Waals surface area (Å²) in [6.07, 6.45) is 13.5. The predicted octanol–water partition coefficient (Wildman–Crippen LogP) is 6.27. The van der Waals surface area contributed by atoms with Gasteiger partial charge in [0.05, 0.1) is 0 Å². The van der Waals surface area contributed by atoms with Gasteiger partial charge in [0.2, 0.25) is 0 Å². The lowest BCUT2D eigenvalue weighted by molar-refractivity contribution is 0.674. The van der Waals surface area contributed by atoms with E-state index in [2.05, 4.69) is 80.6 Å². The van der Waals surface area contributed by atoms with Crippen molar-refractivity contribution >= 4 is 12.2 Å². The summed E-state index contributed by atoms with van der Waals surface area (Å²) in [5, 5.41) is 0. The lowest BCUT2D eigenvalue weighted by Crippen LogP contribution is -1.99. The van der Waals surface area contributed by atoms with Gasteiger partial charge in [-0.1, -0.05) is 80.6 Å². The topological polar surface area (TPSA) is 0 Å². The van der Waals surface area contributed by atoms with Crippen molar-refractivity contribution in [3.8, 4) is 11.1 Å². The molecule has 0 saturated carbocycles. The van der Waals surface area contributed by atoms with Gasteiger partial charge in [-0.15, -0.1) is 0 Å². The zero-order chi connectivity index (χ0) is 15.8. The Balaban J connectivity index is 1.92. The van der Waals surface area contributed by atoms with Crippen LogP contribution in [0.15, 0.2) is 60.2 Å². The summed E-state index contributed by atoms with van der Waals surface area (Å²) in [6, 6.07) is 13.4. The lowest BCUT2D eigenvalue weighted by atomic mass is 9.89. The second-order valence-electron chi connectivity index (χ2n) is 6.60. The molecular weight excluding hydrogens is 276 g/mol. The van der Waals surface area contributed by atoms with Crippen LogP contribution >= 0.6 is 0 Å². The second kappa shape index (κ2) is 5.70. The molecule has 0 bridgehead atoms. The SMILES string of the molecule is CCC(C)C1=C/c2c(ccc3c2Cc2ccccc2-3)/C=C/C=C\1. The third kappa shape index (κ3) is 2.39. The maximum Gasteiger partial charge on any atom is -0.000728 e. The second-order valence-corrected chi connectivity index (χ2v) is 6.60. The van der Waals surface area contributed by atoms with Crippen molar-refractivity contribution in [1.82, 2.24) is 0 Å². The van der Waals surface area contributed by atoms with Crippen LogP contribution in [0.4, 0.5) is 0 Å². The van der Waals surface area contributed by atoms with Crippen molar-refractivity contribution in [2.45, 2.75) is 26.7 Å². The van der Waals surface area contributed by atoms with E-state index in [1.165, 1.54) is 45.4 Å². The Hall–Kier alpha value is -2.34. The van der Waals surface area contributed by atoms with Crippen LogP contribution in [0.3, 0.4) is 0 Å². The van der Waals surface area contributed by atoms with E-state index >= 15 is 0 Å². The molecule has 2 aliphatic carbocycles. The van der Waals surface area contributed by atoms with Gasteiger partial charge in [0.25, 0.3) is 0 Å². The van der Waals surface area contributed by atoms with Crippen LogP contribution in [0.1, 0.15) is 42.5 Å². The van der Waals surface area contributed by atoms with Crippen molar-refractivity contribution in [3.05, 3.63) is 82.5 Å². The molecule has 0 aromatic heterocycles. The first-order valence-electron chi connectivity index (χ1n) is 8.58. The average molecular weight is 298 g/mol. The van der Waals surface area contributed by atoms with E-state index in [9.17, 15) is 0 Å². The Labute approximate surface area is 138 Å². The number of hydrogen-bond donors (Lipinski definition) is 0. The largest absolute Gasteiger partial charge is 0.0648 e. The molecule has 0 N–H and O–H groups in total. The molecule has 0 spiro atoms. The lowest BCUT2D eigenvalue weighted by Gasteiger charge is -2.16. The van der Waals surface area contributed by atoms with E-state index in [1.807, 2.05) is 0 Å². The summed E-state index contributed by atoms with van der Waals surface area (Å²) >= 11 is 0. The quantitative estimate of drug-likeness (QED) is 0.523. The fraction of sp³-hybridized carbons (Fsp3) is 0.217. The number of allylic oxidation sites excluding steroid dienone is 4. The summed E-state index contributed by atoms with van der Waals surface area (Å²) < 4.78 is 0. The van der Waals surface area contributed by atoms with Crippen molar-refractivity contribution in [2.24, 2.45) is 5.92 Å². The Morgan fingerprint density at radius 3 is 2.65 bits per heavy atom. The van der Waals surface area contributed by atoms with Gasteiger partial charge >= 0.3 is 0 Å². The third-order valence-electron chi connectivity index (χ3n) is 5.23. The molecule has 0 heteroatoms. The summed E-state index contributed by atoms with van der Waals surface area (Å²) in [7, 11) is 0. The minimum Gasteiger partial charge on any atom is -0.0648 e. The van der Waals surface area contributed by atoms with Crippen molar-refractivity contribution in [3.63, 3.8) is 0 Å². The van der Waals surface area contributed by atoms with E-state index in [0.29, 0.717) is 5.92 Å². The Morgan fingerprint density at radius 2 is 1.78 bits per heavy atom. The molecule has 23 heavy (non-hydrogen) atoms. The van der Waals surface area contributed by atoms with Gasteiger partial charge in [-0.05, 0) is 57.7 Å². The van der Waals surface area contributed by atoms with Crippen LogP contribution in [-0.4, -0.2) is 0 Å². The molecule has 0 fully saturated rings. The summed E-state index contributed by atoms with van der Waals surface area (Å²) in [5.41, 5.74) is 9.95. The highest BCUT2D eigenvalue weighted by atomic mass is 14.3. The first-order valence-corrected chi connectivity index (χ1v) is 8.58. The fourth-order valence-electron chi connectivity index (χ4n) is 3.65. The van der Waals surface area contributed by atoms with Gasteiger partial charge in [-0.3, -0.25) is 0 Å². The van der Waals surface area contributed by atoms with Gasteiger partial charge in [0.15, 0.2) is 0 Å². The summed E-state index contributed by atoms with van der Waals surface area (Å²) in [5.74, 6) is 0.588. The van der Waals surface area contributed by atoms with E-state index in [1.54, 1.807) is 0 Å². The van der Waals surface area contributed by atoms with Crippen LogP contribution in [0.2, 0.25) is 0 Å². The molecular formula is C23H22. The highest BCUT2D eigenvalue weighted by Crippen LogP contribution is 2.41. The van der Waals surface area contributed by atoms with E-state index in [-0.39, 0.29) is 0 Å². The fourth-order valence-corrected chi connectivity index (χ4v) is 3.65. The maximum absolute atomic E-state index is 2.42. The predicted molar refractivity (Wildman–Crippen MR) is 100 cm³/mol. The van der Waals surface area contributed by atoms with Crippen molar-refractivity contribution in [1.29, 1.82) is 0 Å². The molecule has 0 saturated heterocycles. The summed E-state index contributed by atoms with van der Waals surface area (Å²) in [4.78, 5) is 0. The first kappa shape index (κ1) is 14.3. The molecule has 1 unspecified atom stereocenters. The van der Waals surface area contributed by atoms with Gasteiger partial charge in [-0.2, -0.15) is 0 Å². The van der Waals surface area contributed by atoms with Crippen LogP contribution in [0.25, 0.3) is 23.3 Å². The molecule has 2 aromatic carbocycles. The molecule has 2 aliphatic rings. The Kier molecular flexibility index (Phi) is 3.53. The molecule has 0 amide bonds. The van der Waals surface area contributed by atoms with Gasteiger partial charge in [-0.25, -0.2) is 0 Å². The highest BCUT2D eigenvalue weighted by molar-refractivity contribution is 5.85. The maximum atomic E-state index is 2.42. The molecule has 0 heterocycles. The van der Waals surface area contributed by atoms with Crippen LogP contribution in [0.5, 0.6) is 0 Å². The minimum absolute atomic E-state index is 0.588. The van der Waals surface area contributed by atoms with Gasteiger partial charge in [0, 0.05) is 0 Å². The number of rotatable bonds is 2. The van der Waals surface area contributed by atoms with Crippen LogP contribution < -0.4 is 0 Å². The number of hydrogen-bond acceptors (Lipinski definition) is 0. The third-order valence-corrected chi connectivity index (χ3v) is 5.23. The van der Waals surface area contributed by atoms with E-state index < -0.39 is 0 Å². The molecule has 2 aromatic rings.